The molecule has 0 fully saturated rings. The van der Waals surface area contributed by atoms with Gasteiger partial charge in [-0.3, -0.25) is 0 Å². The van der Waals surface area contributed by atoms with Gasteiger partial charge in [0.05, 0.1) is 6.61 Å². The highest BCUT2D eigenvalue weighted by molar-refractivity contribution is 5.20. The molecule has 1 aromatic carbocycles. The SMILES string of the molecule is CCCCC(CCC)NCCCOc1ccccc1. The van der Waals surface area contributed by atoms with Gasteiger partial charge in [0, 0.05) is 6.04 Å². The van der Waals surface area contributed by atoms with Crippen molar-refractivity contribution in [3.63, 3.8) is 0 Å². The Morgan fingerprint density at radius 2 is 1.79 bits per heavy atom. The lowest BCUT2D eigenvalue weighted by molar-refractivity contribution is 0.301. The van der Waals surface area contributed by atoms with E-state index in [9.17, 15) is 0 Å². The van der Waals surface area contributed by atoms with E-state index in [4.69, 9.17) is 4.74 Å². The standard InChI is InChI=1S/C17H29NO/c1-3-5-11-16(10-4-2)18-14-9-15-19-17-12-7-6-8-13-17/h6-8,12-13,16,18H,3-5,9-11,14-15H2,1-2H3. The molecule has 108 valence electrons. The van der Waals surface area contributed by atoms with Gasteiger partial charge in [0.1, 0.15) is 5.75 Å². The third-order valence-corrected chi connectivity index (χ3v) is 3.31. The van der Waals surface area contributed by atoms with Crippen LogP contribution in [0.4, 0.5) is 0 Å². The Hall–Kier alpha value is -1.02. The molecule has 0 spiro atoms. The maximum atomic E-state index is 5.69. The zero-order chi connectivity index (χ0) is 13.8. The van der Waals surface area contributed by atoms with Gasteiger partial charge in [-0.15, -0.1) is 0 Å². The van der Waals surface area contributed by atoms with E-state index >= 15 is 0 Å². The van der Waals surface area contributed by atoms with Crippen molar-refractivity contribution >= 4 is 0 Å². The van der Waals surface area contributed by atoms with E-state index in [2.05, 4.69) is 19.2 Å². The maximum absolute atomic E-state index is 5.69. The number of para-hydroxylation sites is 1. The van der Waals surface area contributed by atoms with Crippen LogP contribution in [-0.4, -0.2) is 19.2 Å². The summed E-state index contributed by atoms with van der Waals surface area (Å²) in [7, 11) is 0. The molecule has 0 saturated carbocycles. The quantitative estimate of drug-likeness (QED) is 0.597. The highest BCUT2D eigenvalue weighted by Gasteiger charge is 2.05. The lowest BCUT2D eigenvalue weighted by atomic mass is 10.1. The minimum atomic E-state index is 0.696. The fraction of sp³-hybridized carbons (Fsp3) is 0.647. The fourth-order valence-electron chi connectivity index (χ4n) is 2.23. The predicted octanol–water partition coefficient (Wildman–Crippen LogP) is 4.40. The maximum Gasteiger partial charge on any atom is 0.119 e. The first-order chi connectivity index (χ1) is 9.36. The molecule has 1 unspecified atom stereocenters. The molecular weight excluding hydrogens is 234 g/mol. The van der Waals surface area contributed by atoms with E-state index in [1.54, 1.807) is 0 Å². The molecule has 0 saturated heterocycles. The Kier molecular flexibility index (Phi) is 9.17. The molecule has 0 heterocycles. The van der Waals surface area contributed by atoms with Gasteiger partial charge in [0.25, 0.3) is 0 Å². The van der Waals surface area contributed by atoms with Gasteiger partial charge in [-0.05, 0) is 37.9 Å². The van der Waals surface area contributed by atoms with Gasteiger partial charge in [0.2, 0.25) is 0 Å². The number of hydrogen-bond donors (Lipinski definition) is 1. The van der Waals surface area contributed by atoms with E-state index in [0.29, 0.717) is 6.04 Å². The first-order valence-corrected chi connectivity index (χ1v) is 7.78. The predicted molar refractivity (Wildman–Crippen MR) is 82.8 cm³/mol. The summed E-state index contributed by atoms with van der Waals surface area (Å²) in [6.07, 6.45) is 7.56. The topological polar surface area (TPSA) is 21.3 Å². The van der Waals surface area contributed by atoms with Gasteiger partial charge in [-0.25, -0.2) is 0 Å². The molecule has 2 heteroatoms. The fourth-order valence-corrected chi connectivity index (χ4v) is 2.23. The molecule has 0 amide bonds. The highest BCUT2D eigenvalue weighted by atomic mass is 16.5. The second-order valence-corrected chi connectivity index (χ2v) is 5.10. The first kappa shape index (κ1) is 16.0. The second kappa shape index (κ2) is 10.9. The number of hydrogen-bond acceptors (Lipinski definition) is 2. The molecule has 0 radical (unpaired) electrons. The van der Waals surface area contributed by atoms with Gasteiger partial charge in [-0.1, -0.05) is 51.3 Å². The Morgan fingerprint density at radius 1 is 1.00 bits per heavy atom. The normalized spacial score (nSPS) is 12.3. The van der Waals surface area contributed by atoms with Gasteiger partial charge >= 0.3 is 0 Å². The summed E-state index contributed by atoms with van der Waals surface area (Å²) in [6, 6.07) is 10.7. The van der Waals surface area contributed by atoms with Crippen LogP contribution in [0.3, 0.4) is 0 Å². The van der Waals surface area contributed by atoms with Crippen LogP contribution in [0.25, 0.3) is 0 Å². The van der Waals surface area contributed by atoms with Gasteiger partial charge < -0.3 is 10.1 Å². The van der Waals surface area contributed by atoms with Crippen molar-refractivity contribution in [1.29, 1.82) is 0 Å². The molecule has 0 bridgehead atoms. The Morgan fingerprint density at radius 3 is 2.47 bits per heavy atom. The molecule has 0 aliphatic rings. The highest BCUT2D eigenvalue weighted by Crippen LogP contribution is 2.09. The Labute approximate surface area is 118 Å². The Bertz CT molecular complexity index is 299. The second-order valence-electron chi connectivity index (χ2n) is 5.10. The van der Waals surface area contributed by atoms with Crippen LogP contribution < -0.4 is 10.1 Å². The number of benzene rings is 1. The van der Waals surface area contributed by atoms with Crippen LogP contribution in [0.2, 0.25) is 0 Å². The minimum absolute atomic E-state index is 0.696. The van der Waals surface area contributed by atoms with Crippen molar-refractivity contribution in [1.82, 2.24) is 5.32 Å². The number of ether oxygens (including phenoxy) is 1. The zero-order valence-electron chi connectivity index (χ0n) is 12.5. The molecule has 0 aliphatic heterocycles. The molecular formula is C17H29NO. The average Bonchev–Trinajstić information content (AvgIpc) is 2.45. The molecule has 1 N–H and O–H groups in total. The van der Waals surface area contributed by atoms with Crippen LogP contribution in [0.15, 0.2) is 30.3 Å². The van der Waals surface area contributed by atoms with Crippen LogP contribution >= 0.6 is 0 Å². The summed E-state index contributed by atoms with van der Waals surface area (Å²) in [6.45, 7) is 6.38. The first-order valence-electron chi connectivity index (χ1n) is 7.78. The van der Waals surface area contributed by atoms with E-state index < -0.39 is 0 Å². The summed E-state index contributed by atoms with van der Waals surface area (Å²) < 4.78 is 5.69. The number of unbranched alkanes of at least 4 members (excludes halogenated alkanes) is 1. The van der Waals surface area contributed by atoms with Crippen molar-refractivity contribution in [2.75, 3.05) is 13.2 Å². The minimum Gasteiger partial charge on any atom is -0.494 e. The van der Waals surface area contributed by atoms with E-state index in [1.807, 2.05) is 30.3 Å². The van der Waals surface area contributed by atoms with Crippen molar-refractivity contribution in [3.05, 3.63) is 30.3 Å². The molecule has 0 aliphatic carbocycles. The Balaban J connectivity index is 2.07. The summed E-state index contributed by atoms with van der Waals surface area (Å²) in [5, 5.41) is 3.66. The molecule has 1 rings (SSSR count). The largest absolute Gasteiger partial charge is 0.494 e. The molecule has 1 atom stereocenters. The summed E-state index contributed by atoms with van der Waals surface area (Å²) in [5.41, 5.74) is 0. The summed E-state index contributed by atoms with van der Waals surface area (Å²) in [4.78, 5) is 0. The van der Waals surface area contributed by atoms with Crippen LogP contribution in [0, 0.1) is 0 Å². The molecule has 2 nitrogen and oxygen atoms in total. The van der Waals surface area contributed by atoms with Gasteiger partial charge in [-0.2, -0.15) is 0 Å². The van der Waals surface area contributed by atoms with Crippen molar-refractivity contribution in [2.45, 2.75) is 58.4 Å². The lowest BCUT2D eigenvalue weighted by Crippen LogP contribution is -2.30. The number of rotatable bonds is 11. The zero-order valence-corrected chi connectivity index (χ0v) is 12.5. The van der Waals surface area contributed by atoms with E-state index in [-0.39, 0.29) is 0 Å². The van der Waals surface area contributed by atoms with Gasteiger partial charge in [0.15, 0.2) is 0 Å². The van der Waals surface area contributed by atoms with E-state index in [0.717, 1.165) is 25.3 Å². The van der Waals surface area contributed by atoms with Crippen LogP contribution in [-0.2, 0) is 0 Å². The van der Waals surface area contributed by atoms with Crippen LogP contribution in [0.1, 0.15) is 52.4 Å². The van der Waals surface area contributed by atoms with Crippen molar-refractivity contribution in [3.8, 4) is 5.75 Å². The number of nitrogens with one attached hydrogen (secondary N) is 1. The lowest BCUT2D eigenvalue weighted by Gasteiger charge is -2.17. The summed E-state index contributed by atoms with van der Waals surface area (Å²) >= 11 is 0. The average molecular weight is 263 g/mol. The third-order valence-electron chi connectivity index (χ3n) is 3.31. The molecule has 1 aromatic rings. The summed E-state index contributed by atoms with van der Waals surface area (Å²) in [5.74, 6) is 0.971. The third kappa shape index (κ3) is 7.89. The van der Waals surface area contributed by atoms with Crippen molar-refractivity contribution < 1.29 is 4.74 Å². The van der Waals surface area contributed by atoms with Crippen molar-refractivity contribution in [2.24, 2.45) is 0 Å². The van der Waals surface area contributed by atoms with E-state index in [1.165, 1.54) is 32.1 Å². The van der Waals surface area contributed by atoms with Crippen LogP contribution in [0.5, 0.6) is 5.75 Å². The molecule has 0 aromatic heterocycles. The molecule has 19 heavy (non-hydrogen) atoms. The monoisotopic (exact) mass is 263 g/mol. The smallest absolute Gasteiger partial charge is 0.119 e.